The van der Waals surface area contributed by atoms with Crippen LogP contribution in [-0.4, -0.2) is 37.2 Å². The Morgan fingerprint density at radius 3 is 0.787 bits per heavy atom. The lowest BCUT2D eigenvalue weighted by Crippen LogP contribution is -2.30. The van der Waals surface area contributed by atoms with E-state index < -0.39 is 6.10 Å². The third-order valence-electron chi connectivity index (χ3n) is 14.8. The van der Waals surface area contributed by atoms with Crippen molar-refractivity contribution in [3.8, 4) is 0 Å². The maximum Gasteiger partial charge on any atom is 0.306 e. The largest absolute Gasteiger partial charge is 0.462 e. The molecular weight excluding hydrogens is 985 g/mol. The second-order valence-corrected chi connectivity index (χ2v) is 22.7. The molecule has 0 spiro atoms. The molecule has 1 atom stereocenters. The van der Waals surface area contributed by atoms with Crippen LogP contribution in [-0.2, 0) is 28.6 Å². The Hall–Kier alpha value is -3.67. The van der Waals surface area contributed by atoms with E-state index in [1.807, 2.05) is 0 Å². The summed E-state index contributed by atoms with van der Waals surface area (Å²) in [6.45, 7) is 6.49. The summed E-state index contributed by atoms with van der Waals surface area (Å²) >= 11 is 0. The van der Waals surface area contributed by atoms with Crippen LogP contribution < -0.4 is 0 Å². The van der Waals surface area contributed by atoms with Crippen LogP contribution in [0.4, 0.5) is 0 Å². The molecule has 80 heavy (non-hydrogen) atoms. The summed E-state index contributed by atoms with van der Waals surface area (Å²) in [5.74, 6) is -0.924. The van der Waals surface area contributed by atoms with Crippen LogP contribution in [0.15, 0.2) is 97.2 Å². The summed E-state index contributed by atoms with van der Waals surface area (Å²) in [5, 5.41) is 0. The van der Waals surface area contributed by atoms with E-state index >= 15 is 0 Å². The molecule has 1 unspecified atom stereocenters. The van der Waals surface area contributed by atoms with E-state index in [0.717, 1.165) is 122 Å². The third kappa shape index (κ3) is 65.1. The van der Waals surface area contributed by atoms with Gasteiger partial charge in [0.05, 0.1) is 0 Å². The zero-order chi connectivity index (χ0) is 57.8. The normalized spacial score (nSPS) is 12.7. The highest BCUT2D eigenvalue weighted by Gasteiger charge is 2.19. The molecule has 0 rings (SSSR count). The van der Waals surface area contributed by atoms with Crippen molar-refractivity contribution in [2.45, 2.75) is 341 Å². The standard InChI is InChI=1S/C74H128O6/c1-4-7-10-13-16-19-22-25-27-29-30-31-32-33-34-35-36-37-38-39-40-41-42-43-44-45-47-49-52-55-58-61-64-67-73(76)79-70-71(69-78-72(75)66-63-60-57-54-51-48-24-21-18-15-12-9-6-3)80-74(77)68-65-62-59-56-53-50-46-28-26-23-20-17-14-11-8-5-2/h9,12,18,20-23,25,28-30,32-33,46,48,51,71H,4-8,10-11,13-17,19,24,26-27,31,34-45,47,49-50,52-70H2,1-3H3/b12-9-,21-18-,23-20-,25-22-,30-29-,33-32-,46-28-,51-48-. The summed E-state index contributed by atoms with van der Waals surface area (Å²) in [4.78, 5) is 38.3. The molecule has 0 aliphatic heterocycles. The SMILES string of the molecule is CC/C=C\C/C=C\C/C=C\CCCCCC(=O)OCC(COC(=O)CCCCCCCCCCCCCCCCCCCC/C=C\C/C=C\C/C=C\CCCCCCC)OC(=O)CCCCCCC/C=C\C/C=C\CCCCCC. The highest BCUT2D eigenvalue weighted by atomic mass is 16.6. The van der Waals surface area contributed by atoms with Gasteiger partial charge in [0.25, 0.3) is 0 Å². The Labute approximate surface area is 496 Å². The number of hydrogen-bond donors (Lipinski definition) is 0. The molecule has 0 amide bonds. The predicted octanol–water partition coefficient (Wildman–Crippen LogP) is 23.6. The smallest absolute Gasteiger partial charge is 0.306 e. The van der Waals surface area contributed by atoms with Crippen molar-refractivity contribution in [3.05, 3.63) is 97.2 Å². The molecule has 6 heteroatoms. The van der Waals surface area contributed by atoms with Crippen molar-refractivity contribution < 1.29 is 28.6 Å². The van der Waals surface area contributed by atoms with Crippen molar-refractivity contribution in [2.75, 3.05) is 13.2 Å². The minimum Gasteiger partial charge on any atom is -0.462 e. The molecule has 0 N–H and O–H groups in total. The molecule has 0 saturated carbocycles. The van der Waals surface area contributed by atoms with Crippen molar-refractivity contribution in [1.82, 2.24) is 0 Å². The second kappa shape index (κ2) is 67.8. The van der Waals surface area contributed by atoms with Gasteiger partial charge in [0.1, 0.15) is 13.2 Å². The first-order valence-corrected chi connectivity index (χ1v) is 34.2. The van der Waals surface area contributed by atoms with E-state index in [1.54, 1.807) is 0 Å². The van der Waals surface area contributed by atoms with Gasteiger partial charge in [-0.2, -0.15) is 0 Å². The number of carbonyl (C=O) groups is 3. The zero-order valence-electron chi connectivity index (χ0n) is 52.8. The maximum atomic E-state index is 12.9. The molecule has 0 aliphatic rings. The molecular formula is C74H128O6. The van der Waals surface area contributed by atoms with E-state index in [9.17, 15) is 14.4 Å². The molecule has 0 fully saturated rings. The van der Waals surface area contributed by atoms with E-state index in [1.165, 1.54) is 173 Å². The minimum atomic E-state index is -0.797. The van der Waals surface area contributed by atoms with Gasteiger partial charge in [-0.1, -0.05) is 291 Å². The number of hydrogen-bond acceptors (Lipinski definition) is 6. The van der Waals surface area contributed by atoms with Crippen LogP contribution in [0, 0.1) is 0 Å². The van der Waals surface area contributed by atoms with Gasteiger partial charge < -0.3 is 14.2 Å². The van der Waals surface area contributed by atoms with E-state index in [2.05, 4.69) is 118 Å². The van der Waals surface area contributed by atoms with Gasteiger partial charge in [-0.05, 0) is 122 Å². The van der Waals surface area contributed by atoms with Gasteiger partial charge >= 0.3 is 17.9 Å². The summed E-state index contributed by atoms with van der Waals surface area (Å²) in [7, 11) is 0. The topological polar surface area (TPSA) is 78.9 Å². The average Bonchev–Trinajstić information content (AvgIpc) is 3.46. The number of esters is 3. The molecule has 0 bridgehead atoms. The van der Waals surface area contributed by atoms with Gasteiger partial charge in [-0.3, -0.25) is 14.4 Å². The number of carbonyl (C=O) groups excluding carboxylic acids is 3. The van der Waals surface area contributed by atoms with Crippen LogP contribution in [0.25, 0.3) is 0 Å². The van der Waals surface area contributed by atoms with E-state index in [-0.39, 0.29) is 31.1 Å². The number of ether oxygens (including phenoxy) is 3. The Morgan fingerprint density at radius 1 is 0.263 bits per heavy atom. The molecule has 0 aromatic carbocycles. The minimum absolute atomic E-state index is 0.0906. The first kappa shape index (κ1) is 76.3. The summed E-state index contributed by atoms with van der Waals surface area (Å²) in [6.07, 6.45) is 91.6. The Morgan fingerprint density at radius 2 is 0.487 bits per heavy atom. The third-order valence-corrected chi connectivity index (χ3v) is 14.8. The first-order valence-electron chi connectivity index (χ1n) is 34.2. The fraction of sp³-hybridized carbons (Fsp3) is 0.743. The Bertz CT molecular complexity index is 1560. The molecule has 0 aliphatic carbocycles. The monoisotopic (exact) mass is 1110 g/mol. The first-order chi connectivity index (χ1) is 39.5. The lowest BCUT2D eigenvalue weighted by molar-refractivity contribution is -0.167. The van der Waals surface area contributed by atoms with Crippen molar-refractivity contribution in [3.63, 3.8) is 0 Å². The molecule has 6 nitrogen and oxygen atoms in total. The van der Waals surface area contributed by atoms with E-state index in [4.69, 9.17) is 14.2 Å². The Balaban J connectivity index is 4.18. The lowest BCUT2D eigenvalue weighted by Gasteiger charge is -2.18. The number of rotatable bonds is 62. The van der Waals surface area contributed by atoms with Gasteiger partial charge in [0.15, 0.2) is 6.10 Å². The predicted molar refractivity (Wildman–Crippen MR) is 348 cm³/mol. The molecule has 0 saturated heterocycles. The molecule has 0 radical (unpaired) electrons. The van der Waals surface area contributed by atoms with Crippen molar-refractivity contribution in [1.29, 1.82) is 0 Å². The second-order valence-electron chi connectivity index (χ2n) is 22.7. The quantitative estimate of drug-likeness (QED) is 0.0261. The molecule has 0 aromatic heterocycles. The van der Waals surface area contributed by atoms with Gasteiger partial charge in [0, 0.05) is 19.3 Å². The number of allylic oxidation sites excluding steroid dienone is 16. The van der Waals surface area contributed by atoms with Gasteiger partial charge in [0.2, 0.25) is 0 Å². The summed E-state index contributed by atoms with van der Waals surface area (Å²) < 4.78 is 16.9. The van der Waals surface area contributed by atoms with Gasteiger partial charge in [-0.25, -0.2) is 0 Å². The van der Waals surface area contributed by atoms with Crippen LogP contribution in [0.5, 0.6) is 0 Å². The highest BCUT2D eigenvalue weighted by Crippen LogP contribution is 2.17. The molecule has 0 aromatic rings. The maximum absolute atomic E-state index is 12.9. The summed E-state index contributed by atoms with van der Waals surface area (Å²) in [5.41, 5.74) is 0. The van der Waals surface area contributed by atoms with Crippen LogP contribution in [0.1, 0.15) is 335 Å². The average molecular weight is 1110 g/mol. The van der Waals surface area contributed by atoms with Gasteiger partial charge in [-0.15, -0.1) is 0 Å². The fourth-order valence-electron chi connectivity index (χ4n) is 9.67. The van der Waals surface area contributed by atoms with Crippen molar-refractivity contribution >= 4 is 17.9 Å². The zero-order valence-corrected chi connectivity index (χ0v) is 52.8. The van der Waals surface area contributed by atoms with Crippen LogP contribution in [0.3, 0.4) is 0 Å². The Kier molecular flexibility index (Phi) is 64.7. The molecule has 460 valence electrons. The highest BCUT2D eigenvalue weighted by molar-refractivity contribution is 5.71. The van der Waals surface area contributed by atoms with E-state index in [0.29, 0.717) is 19.3 Å². The molecule has 0 heterocycles. The van der Waals surface area contributed by atoms with Crippen LogP contribution >= 0.6 is 0 Å². The van der Waals surface area contributed by atoms with Crippen LogP contribution in [0.2, 0.25) is 0 Å². The number of unbranched alkanes of at least 4 members (excludes halogenated alkanes) is 35. The summed E-state index contributed by atoms with van der Waals surface area (Å²) in [6, 6.07) is 0. The van der Waals surface area contributed by atoms with Crippen molar-refractivity contribution in [2.24, 2.45) is 0 Å². The fourth-order valence-corrected chi connectivity index (χ4v) is 9.67. The lowest BCUT2D eigenvalue weighted by atomic mass is 10.0.